The van der Waals surface area contributed by atoms with Crippen LogP contribution in [0.3, 0.4) is 0 Å². The number of carbonyl (C=O) groups is 2. The number of hydrogen-bond donors (Lipinski definition) is 1. The zero-order valence-corrected chi connectivity index (χ0v) is 10.7. The van der Waals surface area contributed by atoms with Crippen LogP contribution < -0.4 is 5.73 Å². The lowest BCUT2D eigenvalue weighted by Crippen LogP contribution is -2.31. The van der Waals surface area contributed by atoms with Crippen molar-refractivity contribution in [2.24, 2.45) is 5.73 Å². The van der Waals surface area contributed by atoms with E-state index < -0.39 is 34.0 Å². The van der Waals surface area contributed by atoms with Gasteiger partial charge in [-0.3, -0.25) is 0 Å². The van der Waals surface area contributed by atoms with Gasteiger partial charge in [-0.15, -0.1) is 0 Å². The van der Waals surface area contributed by atoms with Gasteiger partial charge in [-0.25, -0.2) is 18.6 Å². The number of rotatable bonds is 6. The quantitative estimate of drug-likeness (QED) is 0.713. The molecule has 0 fully saturated rings. The highest BCUT2D eigenvalue weighted by Gasteiger charge is 2.25. The number of carbonyl (C=O) groups excluding carboxylic acids is 2. The Balaban J connectivity index is 3.92. The second-order valence-electron chi connectivity index (χ2n) is 2.90. The third-order valence-electron chi connectivity index (χ3n) is 1.41. The van der Waals surface area contributed by atoms with E-state index in [1.54, 1.807) is 0 Å². The van der Waals surface area contributed by atoms with Crippen molar-refractivity contribution in [1.29, 1.82) is 0 Å². The van der Waals surface area contributed by atoms with E-state index in [0.29, 0.717) is 0 Å². The lowest BCUT2D eigenvalue weighted by Gasteiger charge is -2.02. The molecule has 0 aromatic heterocycles. The van der Waals surface area contributed by atoms with Gasteiger partial charge in [0, 0.05) is 0 Å². The maximum Gasteiger partial charge on any atom is 0.555 e. The number of hydrogen-bond acceptors (Lipinski definition) is 7. The monoisotopic (exact) mass is 269 g/mol. The molecule has 0 spiro atoms. The first kappa shape index (κ1) is 15.1. The van der Waals surface area contributed by atoms with Crippen LogP contribution in [0.4, 0.5) is 0 Å². The van der Waals surface area contributed by atoms with E-state index in [2.05, 4.69) is 9.05 Å². The molecule has 90 valence electrons. The molecule has 0 aliphatic rings. The summed E-state index contributed by atoms with van der Waals surface area (Å²) >= 11 is 0. The Morgan fingerprint density at radius 2 is 1.69 bits per heavy atom. The Bertz CT molecular complexity index is 318. The molecule has 0 radical (unpaired) electrons. The van der Waals surface area contributed by atoms with Crippen molar-refractivity contribution >= 4 is 28.0 Å². The molecule has 0 rings (SSSR count). The highest BCUT2D eigenvalue weighted by atomic mass is 31.1. The molecule has 16 heavy (non-hydrogen) atoms. The summed E-state index contributed by atoms with van der Waals surface area (Å²) in [5.74, 6) is -1.54. The summed E-state index contributed by atoms with van der Waals surface area (Å²) < 4.78 is 29.8. The van der Waals surface area contributed by atoms with Gasteiger partial charge >= 0.3 is 28.0 Å². The van der Waals surface area contributed by atoms with Crippen molar-refractivity contribution in [1.82, 2.24) is 0 Å². The Kier molecular flexibility index (Phi) is 6.97. The summed E-state index contributed by atoms with van der Waals surface area (Å²) in [5, 5.41) is 0. The van der Waals surface area contributed by atoms with Gasteiger partial charge in [-0.1, -0.05) is 0 Å². The van der Waals surface area contributed by atoms with Crippen molar-refractivity contribution in [2.75, 3.05) is 13.3 Å². The second kappa shape index (κ2) is 7.39. The van der Waals surface area contributed by atoms with Crippen LogP contribution in [0.25, 0.3) is 0 Å². The first-order chi connectivity index (χ1) is 7.32. The molecule has 0 aromatic carbocycles. The van der Waals surface area contributed by atoms with Crippen molar-refractivity contribution in [3.8, 4) is 0 Å². The molecule has 0 amide bonds. The van der Waals surface area contributed by atoms with E-state index in [0.717, 1.165) is 0 Å². The van der Waals surface area contributed by atoms with Gasteiger partial charge in [0.05, 0.1) is 6.42 Å². The topological polar surface area (TPSA) is 113 Å². The zero-order valence-electron chi connectivity index (χ0n) is 8.91. The Labute approximate surface area is 94.4 Å². The lowest BCUT2D eigenvalue weighted by atomic mass is 10.2. The Morgan fingerprint density at radius 1 is 1.19 bits per heavy atom. The zero-order chi connectivity index (χ0) is 12.7. The third-order valence-corrected chi connectivity index (χ3v) is 2.31. The molecular formula is C7H13NO6P2+2. The Hall–Kier alpha value is -0.900. The van der Waals surface area contributed by atoms with Gasteiger partial charge in [0.25, 0.3) is 0 Å². The van der Waals surface area contributed by atoms with Crippen LogP contribution in [-0.2, 0) is 27.8 Å². The second-order valence-corrected chi connectivity index (χ2v) is 5.02. The van der Waals surface area contributed by atoms with Crippen LogP contribution in [0.1, 0.15) is 12.8 Å². The van der Waals surface area contributed by atoms with Crippen LogP contribution in [0.5, 0.6) is 0 Å². The predicted molar refractivity (Wildman–Crippen MR) is 56.5 cm³/mol. The fourth-order valence-electron chi connectivity index (χ4n) is 0.775. The normalized spacial score (nSPS) is 13.7. The van der Waals surface area contributed by atoms with Crippen LogP contribution in [-0.4, -0.2) is 31.3 Å². The van der Waals surface area contributed by atoms with E-state index in [9.17, 15) is 18.7 Å². The molecule has 0 aliphatic heterocycles. The highest BCUT2D eigenvalue weighted by molar-refractivity contribution is 7.39. The molecular weight excluding hydrogens is 256 g/mol. The average Bonchev–Trinajstić information content (AvgIpc) is 2.11. The van der Waals surface area contributed by atoms with Gasteiger partial charge in [-0.2, -0.15) is 0 Å². The van der Waals surface area contributed by atoms with Crippen LogP contribution in [0.15, 0.2) is 0 Å². The van der Waals surface area contributed by atoms with Gasteiger partial charge in [0.2, 0.25) is 0 Å². The fourth-order valence-corrected chi connectivity index (χ4v) is 1.54. The molecule has 3 atom stereocenters. The van der Waals surface area contributed by atoms with Gasteiger partial charge in [0.15, 0.2) is 13.3 Å². The van der Waals surface area contributed by atoms with Crippen LogP contribution in [0, 0.1) is 0 Å². The van der Waals surface area contributed by atoms with Crippen molar-refractivity contribution in [2.45, 2.75) is 18.9 Å². The van der Waals surface area contributed by atoms with E-state index in [1.807, 2.05) is 0 Å². The predicted octanol–water partition coefficient (Wildman–Crippen LogP) is 0.925. The molecule has 2 N–H and O–H groups in total. The highest BCUT2D eigenvalue weighted by Crippen LogP contribution is 2.19. The van der Waals surface area contributed by atoms with E-state index in [-0.39, 0.29) is 12.8 Å². The van der Waals surface area contributed by atoms with E-state index in [4.69, 9.17) is 5.73 Å². The largest absolute Gasteiger partial charge is 0.555 e. The molecule has 0 saturated heterocycles. The summed E-state index contributed by atoms with van der Waals surface area (Å²) in [6.07, 6.45) is -0.157. The number of nitrogens with two attached hydrogens (primary N) is 1. The molecule has 0 bridgehead atoms. The third kappa shape index (κ3) is 7.40. The maximum atomic E-state index is 11.0. The summed E-state index contributed by atoms with van der Waals surface area (Å²) in [4.78, 5) is 22.0. The van der Waals surface area contributed by atoms with Crippen molar-refractivity contribution in [3.63, 3.8) is 0 Å². The van der Waals surface area contributed by atoms with Gasteiger partial charge in [-0.05, 0) is 15.6 Å². The van der Waals surface area contributed by atoms with E-state index in [1.165, 1.54) is 13.3 Å². The Morgan fingerprint density at radius 3 is 2.12 bits per heavy atom. The van der Waals surface area contributed by atoms with Gasteiger partial charge in [0.1, 0.15) is 6.04 Å². The minimum Gasteiger partial charge on any atom is -0.318 e. The van der Waals surface area contributed by atoms with Crippen LogP contribution in [0.2, 0.25) is 0 Å². The van der Waals surface area contributed by atoms with Gasteiger partial charge < -0.3 is 5.73 Å². The maximum absolute atomic E-state index is 11.0. The smallest absolute Gasteiger partial charge is 0.318 e. The fraction of sp³-hybridized carbons (Fsp3) is 0.714. The molecule has 9 heteroatoms. The lowest BCUT2D eigenvalue weighted by molar-refractivity contribution is -0.136. The molecule has 0 aliphatic carbocycles. The molecule has 0 heterocycles. The first-order valence-electron chi connectivity index (χ1n) is 4.33. The molecule has 0 aromatic rings. The summed E-state index contributed by atoms with van der Waals surface area (Å²) in [6.45, 7) is 2.46. The molecule has 2 unspecified atom stereocenters. The first-order valence-corrected chi connectivity index (χ1v) is 7.57. The van der Waals surface area contributed by atoms with Crippen molar-refractivity contribution < 1.29 is 27.8 Å². The molecule has 7 nitrogen and oxygen atoms in total. The minimum atomic E-state index is -2.05. The summed E-state index contributed by atoms with van der Waals surface area (Å²) in [7, 11) is -4.06. The molecule has 0 saturated carbocycles. The minimum absolute atomic E-state index is 0.00991. The standard InChI is InChI=1S/C7H13NO6P2/c1-15(11)13-6(9)4-3-5(8)7(10)14-16(2)12/h5H,3-4,8H2,1-2H3/q+2/t5-/m0/s1. The van der Waals surface area contributed by atoms with Crippen LogP contribution >= 0.6 is 16.1 Å². The van der Waals surface area contributed by atoms with E-state index >= 15 is 0 Å². The summed E-state index contributed by atoms with van der Waals surface area (Å²) in [6, 6.07) is -1.04. The van der Waals surface area contributed by atoms with Crippen molar-refractivity contribution in [3.05, 3.63) is 0 Å². The SMILES string of the molecule is C[P+](=O)OC(=O)CC[C@H](N)C(=O)O[P+](C)=O. The average molecular weight is 269 g/mol. The summed E-state index contributed by atoms with van der Waals surface area (Å²) in [5.41, 5.74) is 5.36.